The van der Waals surface area contributed by atoms with E-state index in [0.717, 1.165) is 17.0 Å². The molecule has 1 N–H and O–H groups in total. The van der Waals surface area contributed by atoms with Crippen LogP contribution in [0.4, 0.5) is 5.69 Å². The van der Waals surface area contributed by atoms with Crippen molar-refractivity contribution in [2.75, 3.05) is 19.5 Å². The van der Waals surface area contributed by atoms with Gasteiger partial charge in [0.05, 0.1) is 36.5 Å². The molecule has 0 radical (unpaired) electrons. The van der Waals surface area contributed by atoms with Crippen LogP contribution in [0.25, 0.3) is 10.9 Å². The molecule has 0 amide bonds. The molecule has 0 aliphatic rings. The van der Waals surface area contributed by atoms with E-state index in [0.29, 0.717) is 10.7 Å². The second kappa shape index (κ2) is 6.48. The molecule has 0 saturated carbocycles. The normalized spacial score (nSPS) is 11.4. The highest BCUT2D eigenvalue weighted by molar-refractivity contribution is 6.34. The third-order valence-electron chi connectivity index (χ3n) is 2.85. The molecular formula is C14H14ClN3O4. The molecule has 0 aliphatic carbocycles. The molecule has 7 nitrogen and oxygen atoms in total. The van der Waals surface area contributed by atoms with E-state index in [9.17, 15) is 9.59 Å². The van der Waals surface area contributed by atoms with E-state index in [1.54, 1.807) is 30.1 Å². The van der Waals surface area contributed by atoms with Crippen molar-refractivity contribution in [3.05, 3.63) is 35.1 Å². The average molecular weight is 324 g/mol. The summed E-state index contributed by atoms with van der Waals surface area (Å²) in [7, 11) is 4.21. The molecule has 0 atom stereocenters. The molecule has 0 unspecified atom stereocenters. The quantitative estimate of drug-likeness (QED) is 0.683. The van der Waals surface area contributed by atoms with Crippen LogP contribution in [0.15, 0.2) is 30.1 Å². The largest absolute Gasteiger partial charge is 0.466 e. The smallest absolute Gasteiger partial charge is 0.354 e. The monoisotopic (exact) mass is 323 g/mol. The Morgan fingerprint density at radius 1 is 1.32 bits per heavy atom. The summed E-state index contributed by atoms with van der Waals surface area (Å²) in [5, 5.41) is 8.20. The summed E-state index contributed by atoms with van der Waals surface area (Å²) < 4.78 is 10.8. The van der Waals surface area contributed by atoms with E-state index >= 15 is 0 Å². The number of rotatable bonds is 4. The number of halogens is 1. The van der Waals surface area contributed by atoms with Gasteiger partial charge in [0.2, 0.25) is 0 Å². The van der Waals surface area contributed by atoms with Crippen molar-refractivity contribution < 1.29 is 19.1 Å². The molecule has 2 aromatic rings. The number of benzene rings is 1. The first kappa shape index (κ1) is 15.8. The van der Waals surface area contributed by atoms with Crippen molar-refractivity contribution in [3.63, 3.8) is 0 Å². The predicted octanol–water partition coefficient (Wildman–Crippen LogP) is 1.87. The lowest BCUT2D eigenvalue weighted by molar-refractivity contribution is -0.138. The van der Waals surface area contributed by atoms with E-state index in [-0.39, 0.29) is 5.70 Å². The van der Waals surface area contributed by atoms with Crippen LogP contribution < -0.4 is 5.32 Å². The molecule has 0 bridgehead atoms. The third kappa shape index (κ3) is 3.37. The first-order valence-corrected chi connectivity index (χ1v) is 6.60. The number of carbonyl (C=O) groups excluding carboxylic acids is 2. The molecule has 2 rings (SSSR count). The number of carbonyl (C=O) groups is 2. The fourth-order valence-electron chi connectivity index (χ4n) is 1.84. The third-order valence-corrected chi connectivity index (χ3v) is 3.16. The molecule has 0 fully saturated rings. The van der Waals surface area contributed by atoms with Crippen LogP contribution in [0.3, 0.4) is 0 Å². The molecule has 1 aromatic heterocycles. The van der Waals surface area contributed by atoms with Gasteiger partial charge >= 0.3 is 11.9 Å². The topological polar surface area (TPSA) is 82.5 Å². The van der Waals surface area contributed by atoms with Crippen LogP contribution in [-0.4, -0.2) is 35.9 Å². The minimum atomic E-state index is -0.715. The van der Waals surface area contributed by atoms with Crippen LogP contribution in [0, 0.1) is 0 Å². The lowest BCUT2D eigenvalue weighted by Gasteiger charge is -2.10. The van der Waals surface area contributed by atoms with E-state index in [1.165, 1.54) is 14.2 Å². The Kier molecular flexibility index (Phi) is 4.67. The maximum atomic E-state index is 11.7. The average Bonchev–Trinajstić information content (AvgIpc) is 2.84. The van der Waals surface area contributed by atoms with Gasteiger partial charge in [0.1, 0.15) is 5.70 Å². The minimum absolute atomic E-state index is 0.0838. The number of ether oxygens (including phenoxy) is 2. The Morgan fingerprint density at radius 2 is 2.05 bits per heavy atom. The first-order valence-electron chi connectivity index (χ1n) is 6.22. The summed E-state index contributed by atoms with van der Waals surface area (Å²) in [6, 6.07) is 3.38. The minimum Gasteiger partial charge on any atom is -0.466 e. The molecule has 1 aromatic carbocycles. The zero-order valence-electron chi connectivity index (χ0n) is 12.2. The number of fused-ring (bicyclic) bond motifs is 1. The number of methoxy groups -OCH3 is 2. The second-order valence-corrected chi connectivity index (χ2v) is 4.80. The summed E-state index contributed by atoms with van der Waals surface area (Å²) >= 11 is 6.17. The van der Waals surface area contributed by atoms with Crippen LogP contribution in [0.1, 0.15) is 0 Å². The highest BCUT2D eigenvalue weighted by atomic mass is 35.5. The highest BCUT2D eigenvalue weighted by Gasteiger charge is 2.15. The van der Waals surface area contributed by atoms with Gasteiger partial charge in [0.15, 0.2) is 0 Å². The molecule has 116 valence electrons. The molecular weight excluding hydrogens is 310 g/mol. The summed E-state index contributed by atoms with van der Waals surface area (Å²) in [6.07, 6.45) is 2.80. The SMILES string of the molecule is COC(=O)/C=C(/Nc1cc2cn(C)nc2cc1Cl)C(=O)OC. The van der Waals surface area contributed by atoms with Crippen molar-refractivity contribution in [2.24, 2.45) is 7.05 Å². The van der Waals surface area contributed by atoms with E-state index in [1.807, 2.05) is 0 Å². The zero-order valence-corrected chi connectivity index (χ0v) is 13.0. The summed E-state index contributed by atoms with van der Waals surface area (Å²) in [4.78, 5) is 23.1. The molecule has 1 heterocycles. The number of hydrogen-bond donors (Lipinski definition) is 1. The fraction of sp³-hybridized carbons (Fsp3) is 0.214. The van der Waals surface area contributed by atoms with Gasteiger partial charge in [-0.2, -0.15) is 5.10 Å². The van der Waals surface area contributed by atoms with Gasteiger partial charge in [-0.05, 0) is 12.1 Å². The molecule has 8 heteroatoms. The second-order valence-electron chi connectivity index (χ2n) is 4.39. The van der Waals surface area contributed by atoms with Gasteiger partial charge in [-0.3, -0.25) is 4.68 Å². The molecule has 22 heavy (non-hydrogen) atoms. The van der Waals surface area contributed by atoms with Crippen molar-refractivity contribution in [1.82, 2.24) is 9.78 Å². The summed E-state index contributed by atoms with van der Waals surface area (Å²) in [5.74, 6) is -1.40. The van der Waals surface area contributed by atoms with Crippen LogP contribution >= 0.6 is 11.6 Å². The van der Waals surface area contributed by atoms with Crippen molar-refractivity contribution in [3.8, 4) is 0 Å². The number of aryl methyl sites for hydroxylation is 1. The van der Waals surface area contributed by atoms with Crippen LogP contribution in [0.5, 0.6) is 0 Å². The molecule has 0 aliphatic heterocycles. The van der Waals surface area contributed by atoms with Crippen molar-refractivity contribution >= 4 is 40.1 Å². The summed E-state index contributed by atoms with van der Waals surface area (Å²) in [6.45, 7) is 0. The van der Waals surface area contributed by atoms with Gasteiger partial charge in [0, 0.05) is 18.6 Å². The van der Waals surface area contributed by atoms with E-state index in [2.05, 4.69) is 19.9 Å². The number of nitrogens with one attached hydrogen (secondary N) is 1. The van der Waals surface area contributed by atoms with E-state index in [4.69, 9.17) is 11.6 Å². The number of esters is 2. The standard InChI is InChI=1S/C14H14ClN3O4/c1-18-7-8-4-11(9(15)5-10(8)17-18)16-12(14(20)22-3)6-13(19)21-2/h4-7,16H,1-3H3/b12-6+. The Labute approximate surface area is 131 Å². The lowest BCUT2D eigenvalue weighted by atomic mass is 10.2. The van der Waals surface area contributed by atoms with Gasteiger partial charge in [-0.15, -0.1) is 0 Å². The van der Waals surface area contributed by atoms with Crippen molar-refractivity contribution in [2.45, 2.75) is 0 Å². The number of anilines is 1. The highest BCUT2D eigenvalue weighted by Crippen LogP contribution is 2.28. The Balaban J connectivity index is 2.41. The van der Waals surface area contributed by atoms with Crippen LogP contribution in [0.2, 0.25) is 5.02 Å². The van der Waals surface area contributed by atoms with Gasteiger partial charge < -0.3 is 14.8 Å². The predicted molar refractivity (Wildman–Crippen MR) is 81.5 cm³/mol. The fourth-order valence-corrected chi connectivity index (χ4v) is 2.05. The van der Waals surface area contributed by atoms with E-state index < -0.39 is 11.9 Å². The lowest BCUT2D eigenvalue weighted by Crippen LogP contribution is -2.15. The Bertz CT molecular complexity index is 767. The summed E-state index contributed by atoms with van der Waals surface area (Å²) in [5.41, 5.74) is 1.08. The van der Waals surface area contributed by atoms with Crippen LogP contribution in [-0.2, 0) is 26.1 Å². The first-order chi connectivity index (χ1) is 10.4. The van der Waals surface area contributed by atoms with Gasteiger partial charge in [-0.25, -0.2) is 9.59 Å². The van der Waals surface area contributed by atoms with Gasteiger partial charge in [-0.1, -0.05) is 11.6 Å². The molecule has 0 saturated heterocycles. The Morgan fingerprint density at radius 3 is 2.68 bits per heavy atom. The number of hydrogen-bond acceptors (Lipinski definition) is 6. The maximum Gasteiger partial charge on any atom is 0.354 e. The Hall–Kier alpha value is -2.54. The number of nitrogens with zero attached hydrogens (tertiary/aromatic N) is 2. The van der Waals surface area contributed by atoms with Gasteiger partial charge in [0.25, 0.3) is 0 Å². The number of aromatic nitrogens is 2. The zero-order chi connectivity index (χ0) is 16.3. The molecule has 0 spiro atoms. The van der Waals surface area contributed by atoms with Crippen molar-refractivity contribution in [1.29, 1.82) is 0 Å². The maximum absolute atomic E-state index is 11.7.